The van der Waals surface area contributed by atoms with Crippen LogP contribution in [0.2, 0.25) is 0 Å². The SMILES string of the molecule is CC.COC(C)CC1CC1. The molecule has 10 heavy (non-hydrogen) atoms. The van der Waals surface area contributed by atoms with Crippen LogP contribution in [0.15, 0.2) is 0 Å². The third-order valence-electron chi connectivity index (χ3n) is 1.76. The molecule has 0 saturated heterocycles. The second-order valence-corrected chi connectivity index (χ2v) is 2.73. The molecule has 1 heteroatoms. The zero-order valence-corrected chi connectivity index (χ0v) is 7.68. The summed E-state index contributed by atoms with van der Waals surface area (Å²) in [6.07, 6.45) is 4.64. The van der Waals surface area contributed by atoms with Crippen LogP contribution >= 0.6 is 0 Å². The topological polar surface area (TPSA) is 9.23 Å². The molecule has 0 aliphatic heterocycles. The van der Waals surface area contributed by atoms with Gasteiger partial charge in [0.2, 0.25) is 0 Å². The Morgan fingerprint density at radius 2 is 1.90 bits per heavy atom. The quantitative estimate of drug-likeness (QED) is 0.592. The number of methoxy groups -OCH3 is 1. The van der Waals surface area contributed by atoms with Crippen LogP contribution in [-0.2, 0) is 4.74 Å². The van der Waals surface area contributed by atoms with Crippen molar-refractivity contribution in [2.45, 2.75) is 46.1 Å². The van der Waals surface area contributed by atoms with Crippen LogP contribution in [0.4, 0.5) is 0 Å². The van der Waals surface area contributed by atoms with Crippen LogP contribution < -0.4 is 0 Å². The molecular weight excluding hydrogens is 124 g/mol. The fraction of sp³-hybridized carbons (Fsp3) is 1.00. The largest absolute Gasteiger partial charge is 0.382 e. The highest BCUT2D eigenvalue weighted by atomic mass is 16.5. The van der Waals surface area contributed by atoms with Crippen molar-refractivity contribution in [3.63, 3.8) is 0 Å². The summed E-state index contributed by atoms with van der Waals surface area (Å²) in [5.41, 5.74) is 0. The van der Waals surface area contributed by atoms with Crippen molar-refractivity contribution in [1.82, 2.24) is 0 Å². The Morgan fingerprint density at radius 1 is 1.40 bits per heavy atom. The van der Waals surface area contributed by atoms with Gasteiger partial charge in [0, 0.05) is 7.11 Å². The molecule has 1 aliphatic carbocycles. The standard InChI is InChI=1S/C7H14O.C2H6/c1-6(8-2)5-7-3-4-7;1-2/h6-7H,3-5H2,1-2H3;1-2H3. The summed E-state index contributed by atoms with van der Waals surface area (Å²) in [4.78, 5) is 0. The zero-order chi connectivity index (χ0) is 7.98. The molecule has 1 aliphatic rings. The minimum Gasteiger partial charge on any atom is -0.382 e. The summed E-state index contributed by atoms with van der Waals surface area (Å²) in [5, 5.41) is 0. The van der Waals surface area contributed by atoms with Gasteiger partial charge in [-0.3, -0.25) is 0 Å². The van der Waals surface area contributed by atoms with Gasteiger partial charge in [0.05, 0.1) is 6.10 Å². The maximum absolute atomic E-state index is 5.10. The Morgan fingerprint density at radius 3 is 2.20 bits per heavy atom. The van der Waals surface area contributed by atoms with Crippen LogP contribution in [0, 0.1) is 5.92 Å². The molecule has 1 fully saturated rings. The lowest BCUT2D eigenvalue weighted by Gasteiger charge is -2.05. The first-order valence-corrected chi connectivity index (χ1v) is 4.35. The number of rotatable bonds is 3. The number of hydrogen-bond acceptors (Lipinski definition) is 1. The molecule has 62 valence electrons. The molecule has 1 saturated carbocycles. The van der Waals surface area contributed by atoms with Gasteiger partial charge in [0.15, 0.2) is 0 Å². The smallest absolute Gasteiger partial charge is 0.0545 e. The third kappa shape index (κ3) is 4.80. The summed E-state index contributed by atoms with van der Waals surface area (Å²) in [7, 11) is 1.78. The van der Waals surface area contributed by atoms with Gasteiger partial charge < -0.3 is 4.74 Å². The lowest BCUT2D eigenvalue weighted by molar-refractivity contribution is 0.106. The predicted molar refractivity (Wildman–Crippen MR) is 45.2 cm³/mol. The molecule has 1 atom stereocenters. The summed E-state index contributed by atoms with van der Waals surface area (Å²) in [6.45, 7) is 6.14. The van der Waals surface area contributed by atoms with Gasteiger partial charge in [0.1, 0.15) is 0 Å². The first-order valence-electron chi connectivity index (χ1n) is 4.35. The Kier molecular flexibility index (Phi) is 5.70. The van der Waals surface area contributed by atoms with Gasteiger partial charge >= 0.3 is 0 Å². The van der Waals surface area contributed by atoms with Crippen LogP contribution in [-0.4, -0.2) is 13.2 Å². The highest BCUT2D eigenvalue weighted by Gasteiger charge is 2.22. The Labute approximate surface area is 64.8 Å². The molecule has 0 amide bonds. The molecule has 1 rings (SSSR count). The lowest BCUT2D eigenvalue weighted by Crippen LogP contribution is -2.04. The zero-order valence-electron chi connectivity index (χ0n) is 7.68. The van der Waals surface area contributed by atoms with Crippen LogP contribution in [0.1, 0.15) is 40.0 Å². The molecular formula is C9H20O. The van der Waals surface area contributed by atoms with E-state index in [4.69, 9.17) is 4.74 Å². The molecule has 0 aromatic rings. The minimum absolute atomic E-state index is 0.488. The van der Waals surface area contributed by atoms with Gasteiger partial charge in [0.25, 0.3) is 0 Å². The average Bonchev–Trinajstić information content (AvgIpc) is 2.76. The Hall–Kier alpha value is -0.0400. The van der Waals surface area contributed by atoms with E-state index in [2.05, 4.69) is 6.92 Å². The van der Waals surface area contributed by atoms with E-state index in [9.17, 15) is 0 Å². The summed E-state index contributed by atoms with van der Waals surface area (Å²) in [5.74, 6) is 1.00. The highest BCUT2D eigenvalue weighted by Crippen LogP contribution is 2.33. The first kappa shape index (κ1) is 9.96. The lowest BCUT2D eigenvalue weighted by atomic mass is 10.2. The van der Waals surface area contributed by atoms with Crippen molar-refractivity contribution in [2.75, 3.05) is 7.11 Å². The van der Waals surface area contributed by atoms with Crippen LogP contribution in [0.3, 0.4) is 0 Å². The molecule has 0 spiro atoms. The fourth-order valence-electron chi connectivity index (χ4n) is 0.919. The summed E-state index contributed by atoms with van der Waals surface area (Å²) < 4.78 is 5.10. The fourth-order valence-corrected chi connectivity index (χ4v) is 0.919. The van der Waals surface area contributed by atoms with Crippen molar-refractivity contribution in [1.29, 1.82) is 0 Å². The van der Waals surface area contributed by atoms with Gasteiger partial charge in [-0.2, -0.15) is 0 Å². The molecule has 1 unspecified atom stereocenters. The molecule has 0 radical (unpaired) electrons. The van der Waals surface area contributed by atoms with Gasteiger partial charge in [-0.25, -0.2) is 0 Å². The third-order valence-corrected chi connectivity index (χ3v) is 1.76. The number of hydrogen-bond donors (Lipinski definition) is 0. The average molecular weight is 144 g/mol. The van der Waals surface area contributed by atoms with Gasteiger partial charge in [-0.1, -0.05) is 26.7 Å². The van der Waals surface area contributed by atoms with Crippen molar-refractivity contribution in [3.05, 3.63) is 0 Å². The Bertz CT molecular complexity index is 67.1. The van der Waals surface area contributed by atoms with Crippen molar-refractivity contribution < 1.29 is 4.74 Å². The highest BCUT2D eigenvalue weighted by molar-refractivity contribution is 4.75. The van der Waals surface area contributed by atoms with Gasteiger partial charge in [-0.05, 0) is 19.3 Å². The van der Waals surface area contributed by atoms with E-state index in [-0.39, 0.29) is 0 Å². The maximum atomic E-state index is 5.10. The molecule has 0 aromatic carbocycles. The molecule has 1 nitrogen and oxygen atoms in total. The molecule has 0 aromatic heterocycles. The second-order valence-electron chi connectivity index (χ2n) is 2.73. The molecule has 0 N–H and O–H groups in total. The maximum Gasteiger partial charge on any atom is 0.0545 e. The number of ether oxygens (including phenoxy) is 1. The monoisotopic (exact) mass is 144 g/mol. The van der Waals surface area contributed by atoms with E-state index in [0.717, 1.165) is 5.92 Å². The minimum atomic E-state index is 0.488. The predicted octanol–water partition coefficient (Wildman–Crippen LogP) is 2.85. The van der Waals surface area contributed by atoms with E-state index in [1.54, 1.807) is 7.11 Å². The van der Waals surface area contributed by atoms with Crippen molar-refractivity contribution in [3.8, 4) is 0 Å². The first-order chi connectivity index (χ1) is 4.83. The van der Waals surface area contributed by atoms with Crippen LogP contribution in [0.25, 0.3) is 0 Å². The van der Waals surface area contributed by atoms with E-state index >= 15 is 0 Å². The summed E-state index contributed by atoms with van der Waals surface area (Å²) in [6, 6.07) is 0. The van der Waals surface area contributed by atoms with E-state index in [1.165, 1.54) is 19.3 Å². The van der Waals surface area contributed by atoms with Crippen molar-refractivity contribution >= 4 is 0 Å². The molecule has 0 bridgehead atoms. The van der Waals surface area contributed by atoms with Crippen LogP contribution in [0.5, 0.6) is 0 Å². The van der Waals surface area contributed by atoms with Gasteiger partial charge in [-0.15, -0.1) is 0 Å². The van der Waals surface area contributed by atoms with E-state index in [0.29, 0.717) is 6.10 Å². The van der Waals surface area contributed by atoms with E-state index in [1.807, 2.05) is 13.8 Å². The van der Waals surface area contributed by atoms with Crippen molar-refractivity contribution in [2.24, 2.45) is 5.92 Å². The van der Waals surface area contributed by atoms with E-state index < -0.39 is 0 Å². The normalized spacial score (nSPS) is 19.2. The second kappa shape index (κ2) is 5.72. The molecule has 0 heterocycles. The summed E-state index contributed by atoms with van der Waals surface area (Å²) >= 11 is 0. The Balaban J connectivity index is 0.000000371.